The van der Waals surface area contributed by atoms with E-state index < -0.39 is 5.97 Å². The maximum absolute atomic E-state index is 12.7. The van der Waals surface area contributed by atoms with Gasteiger partial charge in [-0.25, -0.2) is 4.79 Å². The number of aromatic hydroxyl groups is 1. The van der Waals surface area contributed by atoms with Crippen LogP contribution in [0.2, 0.25) is 0 Å². The summed E-state index contributed by atoms with van der Waals surface area (Å²) >= 11 is 0. The van der Waals surface area contributed by atoms with Crippen LogP contribution in [0.4, 0.5) is 0 Å². The summed E-state index contributed by atoms with van der Waals surface area (Å²) in [6, 6.07) is 13.0. The molecule has 0 radical (unpaired) electrons. The molecule has 1 N–H and O–H groups in total. The van der Waals surface area contributed by atoms with Crippen LogP contribution in [0, 0.1) is 0 Å². The molecule has 0 aliphatic heterocycles. The highest BCUT2D eigenvalue weighted by molar-refractivity contribution is 5.94. The van der Waals surface area contributed by atoms with E-state index in [9.17, 15) is 9.90 Å². The first-order valence-electron chi connectivity index (χ1n) is 10.8. The molecule has 2 aromatic rings. The minimum absolute atomic E-state index is 0.0597. The van der Waals surface area contributed by atoms with E-state index in [-0.39, 0.29) is 11.3 Å². The molecule has 0 atom stereocenters. The zero-order valence-electron chi connectivity index (χ0n) is 17.4. The van der Waals surface area contributed by atoms with E-state index in [1.807, 2.05) is 36.4 Å². The Hall–Kier alpha value is -2.29. The Balaban J connectivity index is 2.05. The number of para-hydroxylation sites is 2. The van der Waals surface area contributed by atoms with Gasteiger partial charge >= 0.3 is 5.97 Å². The van der Waals surface area contributed by atoms with Crippen LogP contribution in [-0.2, 0) is 12.8 Å². The van der Waals surface area contributed by atoms with Crippen molar-refractivity contribution >= 4 is 5.97 Å². The van der Waals surface area contributed by atoms with E-state index in [1.54, 1.807) is 6.07 Å². The van der Waals surface area contributed by atoms with Gasteiger partial charge < -0.3 is 9.84 Å². The highest BCUT2D eigenvalue weighted by atomic mass is 16.5. The Bertz CT molecular complexity index is 736. The number of hydrogen-bond acceptors (Lipinski definition) is 3. The van der Waals surface area contributed by atoms with Crippen molar-refractivity contribution in [2.24, 2.45) is 0 Å². The number of phenols is 1. The summed E-state index contributed by atoms with van der Waals surface area (Å²) in [7, 11) is 0. The van der Waals surface area contributed by atoms with Crippen LogP contribution in [0.25, 0.3) is 0 Å². The molecule has 152 valence electrons. The molecular weight excluding hydrogens is 348 g/mol. The van der Waals surface area contributed by atoms with Gasteiger partial charge in [0.15, 0.2) is 0 Å². The fraction of sp³-hybridized carbons (Fsp3) is 0.480. The standard InChI is InChI=1S/C25H34O3/c1-3-5-7-9-14-20-15-11-12-19-23(20)28-25(27)22-18-13-17-21(24(22)26)16-10-8-6-4-2/h11-13,15,17-19,26H,3-10,14,16H2,1-2H3. The van der Waals surface area contributed by atoms with Crippen LogP contribution in [-0.4, -0.2) is 11.1 Å². The number of rotatable bonds is 12. The maximum atomic E-state index is 12.7. The van der Waals surface area contributed by atoms with Gasteiger partial charge in [-0.3, -0.25) is 0 Å². The van der Waals surface area contributed by atoms with Crippen molar-refractivity contribution < 1.29 is 14.6 Å². The number of esters is 1. The van der Waals surface area contributed by atoms with E-state index in [4.69, 9.17) is 4.74 Å². The molecule has 0 saturated carbocycles. The van der Waals surface area contributed by atoms with E-state index in [1.165, 1.54) is 32.1 Å². The molecule has 3 nitrogen and oxygen atoms in total. The number of hydrogen-bond donors (Lipinski definition) is 1. The second-order valence-electron chi connectivity index (χ2n) is 7.43. The SMILES string of the molecule is CCCCCCc1ccccc1OC(=O)c1cccc(CCCCCC)c1O. The maximum Gasteiger partial charge on any atom is 0.347 e. The monoisotopic (exact) mass is 382 g/mol. The zero-order chi connectivity index (χ0) is 20.2. The van der Waals surface area contributed by atoms with Crippen LogP contribution in [0.3, 0.4) is 0 Å². The highest BCUT2D eigenvalue weighted by Crippen LogP contribution is 2.27. The number of benzene rings is 2. The van der Waals surface area contributed by atoms with E-state index in [2.05, 4.69) is 13.8 Å². The summed E-state index contributed by atoms with van der Waals surface area (Å²) in [5, 5.41) is 10.6. The summed E-state index contributed by atoms with van der Waals surface area (Å²) in [6.45, 7) is 4.37. The van der Waals surface area contributed by atoms with Crippen molar-refractivity contribution in [3.63, 3.8) is 0 Å². The van der Waals surface area contributed by atoms with Gasteiger partial charge in [0, 0.05) is 0 Å². The second kappa shape index (κ2) is 12.2. The van der Waals surface area contributed by atoms with Gasteiger partial charge in [-0.05, 0) is 48.9 Å². The van der Waals surface area contributed by atoms with E-state index >= 15 is 0 Å². The topological polar surface area (TPSA) is 46.5 Å². The van der Waals surface area contributed by atoms with E-state index in [0.29, 0.717) is 5.75 Å². The van der Waals surface area contributed by atoms with Crippen molar-refractivity contribution in [1.29, 1.82) is 0 Å². The molecular formula is C25H34O3. The van der Waals surface area contributed by atoms with Crippen molar-refractivity contribution in [1.82, 2.24) is 0 Å². The predicted molar refractivity (Wildman–Crippen MR) is 115 cm³/mol. The van der Waals surface area contributed by atoms with Crippen LogP contribution in [0.5, 0.6) is 11.5 Å². The number of carbonyl (C=O) groups is 1. The molecule has 0 aromatic heterocycles. The van der Waals surface area contributed by atoms with Gasteiger partial charge in [-0.15, -0.1) is 0 Å². The van der Waals surface area contributed by atoms with Crippen LogP contribution < -0.4 is 4.74 Å². The minimum Gasteiger partial charge on any atom is -0.507 e. The molecule has 0 heterocycles. The molecule has 0 unspecified atom stereocenters. The Morgan fingerprint density at radius 3 is 2.07 bits per heavy atom. The smallest absolute Gasteiger partial charge is 0.347 e. The average molecular weight is 383 g/mol. The van der Waals surface area contributed by atoms with Gasteiger partial charge in [0.2, 0.25) is 0 Å². The lowest BCUT2D eigenvalue weighted by Gasteiger charge is -2.12. The lowest BCUT2D eigenvalue weighted by molar-refractivity contribution is 0.0729. The van der Waals surface area contributed by atoms with E-state index in [0.717, 1.165) is 43.2 Å². The third kappa shape index (κ3) is 6.70. The Morgan fingerprint density at radius 1 is 0.786 bits per heavy atom. The summed E-state index contributed by atoms with van der Waals surface area (Å²) < 4.78 is 5.67. The predicted octanol–water partition coefficient (Wildman–Crippen LogP) is 6.86. The van der Waals surface area contributed by atoms with Gasteiger partial charge in [0.25, 0.3) is 0 Å². The lowest BCUT2D eigenvalue weighted by Crippen LogP contribution is -2.11. The molecule has 0 saturated heterocycles. The Morgan fingerprint density at radius 2 is 1.39 bits per heavy atom. The molecule has 3 heteroatoms. The zero-order valence-corrected chi connectivity index (χ0v) is 17.4. The summed E-state index contributed by atoms with van der Waals surface area (Å²) in [5.41, 5.74) is 2.11. The minimum atomic E-state index is -0.492. The number of carbonyl (C=O) groups excluding carboxylic acids is 1. The molecule has 0 amide bonds. The van der Waals surface area contributed by atoms with Gasteiger partial charge in [-0.2, -0.15) is 0 Å². The third-order valence-electron chi connectivity index (χ3n) is 5.11. The first kappa shape index (κ1) is 22.0. The van der Waals surface area contributed by atoms with Crippen molar-refractivity contribution in [3.8, 4) is 11.5 Å². The van der Waals surface area contributed by atoms with Crippen LogP contribution >= 0.6 is 0 Å². The summed E-state index contributed by atoms with van der Waals surface area (Å²) in [5.74, 6) is 0.162. The molecule has 0 aliphatic rings. The fourth-order valence-electron chi connectivity index (χ4n) is 3.41. The molecule has 0 spiro atoms. The number of unbranched alkanes of at least 4 members (excludes halogenated alkanes) is 6. The van der Waals surface area contributed by atoms with Gasteiger partial charge in [-0.1, -0.05) is 82.7 Å². The second-order valence-corrected chi connectivity index (χ2v) is 7.43. The van der Waals surface area contributed by atoms with Gasteiger partial charge in [0.05, 0.1) is 0 Å². The Labute approximate surface area is 169 Å². The molecule has 2 aromatic carbocycles. The molecule has 0 aliphatic carbocycles. The summed E-state index contributed by atoms with van der Waals surface area (Å²) in [6.07, 6.45) is 10.9. The van der Waals surface area contributed by atoms with Gasteiger partial charge in [0.1, 0.15) is 17.1 Å². The first-order valence-corrected chi connectivity index (χ1v) is 10.8. The van der Waals surface area contributed by atoms with Crippen molar-refractivity contribution in [3.05, 3.63) is 59.2 Å². The first-order chi connectivity index (χ1) is 13.7. The molecule has 0 fully saturated rings. The number of phenolic OH excluding ortho intramolecular Hbond substituents is 1. The summed E-state index contributed by atoms with van der Waals surface area (Å²) in [4.78, 5) is 12.7. The van der Waals surface area contributed by atoms with Crippen LogP contribution in [0.15, 0.2) is 42.5 Å². The fourth-order valence-corrected chi connectivity index (χ4v) is 3.41. The molecule has 28 heavy (non-hydrogen) atoms. The Kier molecular flexibility index (Phi) is 9.61. The third-order valence-corrected chi connectivity index (χ3v) is 5.11. The lowest BCUT2D eigenvalue weighted by atomic mass is 10.0. The quantitative estimate of drug-likeness (QED) is 0.248. The van der Waals surface area contributed by atoms with Crippen LogP contribution in [0.1, 0.15) is 86.7 Å². The number of ether oxygens (including phenoxy) is 1. The van der Waals surface area contributed by atoms with Crippen molar-refractivity contribution in [2.45, 2.75) is 78.1 Å². The largest absolute Gasteiger partial charge is 0.507 e. The molecule has 0 bridgehead atoms. The normalized spacial score (nSPS) is 10.8. The number of aryl methyl sites for hydroxylation is 2. The van der Waals surface area contributed by atoms with Crippen molar-refractivity contribution in [2.75, 3.05) is 0 Å². The average Bonchev–Trinajstić information content (AvgIpc) is 2.70. The molecule has 2 rings (SSSR count). The highest BCUT2D eigenvalue weighted by Gasteiger charge is 2.17.